The van der Waals surface area contributed by atoms with Gasteiger partial charge >= 0.3 is 0 Å². The maximum absolute atomic E-state index is 9.06. The molecule has 2 aromatic carbocycles. The Balaban J connectivity index is 1.49. The Bertz CT molecular complexity index is 1260. The summed E-state index contributed by atoms with van der Waals surface area (Å²) in [6.45, 7) is 2.50. The van der Waals surface area contributed by atoms with E-state index in [9.17, 15) is 0 Å². The summed E-state index contributed by atoms with van der Waals surface area (Å²) in [5.74, 6) is 0.741. The lowest BCUT2D eigenvalue weighted by molar-refractivity contribution is 0.976. The van der Waals surface area contributed by atoms with Crippen molar-refractivity contribution in [2.24, 2.45) is 0 Å². The second-order valence-electron chi connectivity index (χ2n) is 6.82. The van der Waals surface area contributed by atoms with Gasteiger partial charge in [0.2, 0.25) is 0 Å². The van der Waals surface area contributed by atoms with Crippen LogP contribution in [0.3, 0.4) is 0 Å². The van der Waals surface area contributed by atoms with Crippen molar-refractivity contribution in [3.63, 3.8) is 0 Å². The Morgan fingerprint density at radius 1 is 1.03 bits per heavy atom. The Kier molecular flexibility index (Phi) is 5.71. The number of pyridine rings is 1. The quantitative estimate of drug-likeness (QED) is 0.390. The van der Waals surface area contributed by atoms with Crippen LogP contribution < -0.4 is 5.32 Å². The number of benzene rings is 2. The lowest BCUT2D eigenvalue weighted by atomic mass is 9.99. The zero-order chi connectivity index (χ0) is 21.1. The molecule has 0 spiro atoms. The van der Waals surface area contributed by atoms with Gasteiger partial charge in [-0.05, 0) is 72.1 Å². The van der Waals surface area contributed by atoms with E-state index in [0.717, 1.165) is 39.5 Å². The number of nitrogens with zero attached hydrogens (tertiary/aromatic N) is 3. The van der Waals surface area contributed by atoms with Gasteiger partial charge in [-0.1, -0.05) is 29.3 Å². The molecule has 0 aliphatic heterocycles. The summed E-state index contributed by atoms with van der Waals surface area (Å²) < 4.78 is 0. The van der Waals surface area contributed by atoms with Crippen LogP contribution in [0.5, 0.6) is 0 Å². The number of halogens is 2. The lowest BCUT2D eigenvalue weighted by Crippen LogP contribution is -2.01. The monoisotopic (exact) mass is 433 g/mol. The number of nitriles is 1. The number of anilines is 1. The van der Waals surface area contributed by atoms with Crippen LogP contribution in [0.15, 0.2) is 60.8 Å². The molecule has 2 aromatic heterocycles. The summed E-state index contributed by atoms with van der Waals surface area (Å²) in [5, 5.41) is 20.9. The van der Waals surface area contributed by atoms with Crippen molar-refractivity contribution in [2.45, 2.75) is 13.5 Å². The topological polar surface area (TPSA) is 77.4 Å². The molecule has 4 aromatic rings. The van der Waals surface area contributed by atoms with Gasteiger partial charge in [-0.3, -0.25) is 5.10 Å². The number of H-pyrrole nitrogens is 1. The number of aromatic nitrogens is 3. The molecular formula is C23H17Cl2N5. The molecule has 30 heavy (non-hydrogen) atoms. The van der Waals surface area contributed by atoms with E-state index in [-0.39, 0.29) is 0 Å². The van der Waals surface area contributed by atoms with Gasteiger partial charge in [0.15, 0.2) is 0 Å². The van der Waals surface area contributed by atoms with Gasteiger partial charge in [0.1, 0.15) is 5.82 Å². The van der Waals surface area contributed by atoms with E-state index < -0.39 is 0 Å². The van der Waals surface area contributed by atoms with E-state index in [1.54, 1.807) is 18.3 Å². The summed E-state index contributed by atoms with van der Waals surface area (Å²) in [4.78, 5) is 4.39. The van der Waals surface area contributed by atoms with Crippen molar-refractivity contribution in [2.75, 3.05) is 5.32 Å². The van der Waals surface area contributed by atoms with Gasteiger partial charge in [0.05, 0.1) is 34.6 Å². The molecule has 4 rings (SSSR count). The Labute approximate surface area is 184 Å². The molecule has 7 heteroatoms. The van der Waals surface area contributed by atoms with Crippen molar-refractivity contribution in [1.29, 1.82) is 5.26 Å². The maximum Gasteiger partial charge on any atom is 0.126 e. The van der Waals surface area contributed by atoms with Crippen LogP contribution in [0.4, 0.5) is 5.82 Å². The van der Waals surface area contributed by atoms with Crippen molar-refractivity contribution in [3.05, 3.63) is 87.7 Å². The van der Waals surface area contributed by atoms with Crippen molar-refractivity contribution in [3.8, 4) is 28.5 Å². The summed E-state index contributed by atoms with van der Waals surface area (Å²) in [6.07, 6.45) is 1.76. The molecule has 0 amide bonds. The van der Waals surface area contributed by atoms with Gasteiger partial charge in [-0.15, -0.1) is 0 Å². The molecule has 0 bridgehead atoms. The molecule has 0 aliphatic carbocycles. The third-order valence-corrected chi connectivity index (χ3v) is 5.28. The predicted octanol–water partition coefficient (Wildman–Crippen LogP) is 6.24. The van der Waals surface area contributed by atoms with Crippen LogP contribution in [-0.4, -0.2) is 15.2 Å². The highest BCUT2D eigenvalue weighted by molar-refractivity contribution is 6.36. The number of aromatic amines is 1. The van der Waals surface area contributed by atoms with E-state index in [1.807, 2.05) is 49.4 Å². The standard InChI is InChI=1S/C23H17Cl2N5/c1-14-8-15(12-26)2-4-19(14)16-6-7-27-23(9-16)28-13-18-11-22(30-29-18)20-5-3-17(24)10-21(20)25/h2-11H,13H2,1H3,(H,27,28)(H,29,30). The zero-order valence-corrected chi connectivity index (χ0v) is 17.6. The fraction of sp³-hybridized carbons (Fsp3) is 0.0870. The summed E-state index contributed by atoms with van der Waals surface area (Å²) >= 11 is 12.2. The Morgan fingerprint density at radius 2 is 1.87 bits per heavy atom. The maximum atomic E-state index is 9.06. The van der Waals surface area contributed by atoms with Gasteiger partial charge in [0.25, 0.3) is 0 Å². The SMILES string of the molecule is Cc1cc(C#N)ccc1-c1ccnc(NCc2cc(-c3ccc(Cl)cc3Cl)[nH]n2)c1. The highest BCUT2D eigenvalue weighted by atomic mass is 35.5. The minimum absolute atomic E-state index is 0.504. The third kappa shape index (κ3) is 4.30. The van der Waals surface area contributed by atoms with Crippen molar-refractivity contribution >= 4 is 29.0 Å². The minimum atomic E-state index is 0.504. The average molecular weight is 434 g/mol. The Hall–Kier alpha value is -3.33. The summed E-state index contributed by atoms with van der Waals surface area (Å²) in [5.41, 5.74) is 6.29. The molecule has 0 saturated carbocycles. The summed E-state index contributed by atoms with van der Waals surface area (Å²) in [6, 6.07) is 19.1. The summed E-state index contributed by atoms with van der Waals surface area (Å²) in [7, 11) is 0. The molecule has 148 valence electrons. The predicted molar refractivity (Wildman–Crippen MR) is 120 cm³/mol. The van der Waals surface area contributed by atoms with E-state index in [2.05, 4.69) is 26.6 Å². The first kappa shape index (κ1) is 20.0. The molecule has 0 radical (unpaired) electrons. The van der Waals surface area contributed by atoms with Crippen LogP contribution in [0.25, 0.3) is 22.4 Å². The molecule has 5 nitrogen and oxygen atoms in total. The van der Waals surface area contributed by atoms with Crippen LogP contribution in [-0.2, 0) is 6.54 Å². The number of hydrogen-bond donors (Lipinski definition) is 2. The Morgan fingerprint density at radius 3 is 2.63 bits per heavy atom. The van der Waals surface area contributed by atoms with Gasteiger partial charge in [-0.25, -0.2) is 4.98 Å². The zero-order valence-electron chi connectivity index (χ0n) is 16.1. The fourth-order valence-electron chi connectivity index (χ4n) is 3.23. The first-order valence-corrected chi connectivity index (χ1v) is 10.00. The first-order valence-electron chi connectivity index (χ1n) is 9.24. The normalized spacial score (nSPS) is 10.6. The van der Waals surface area contributed by atoms with E-state index in [4.69, 9.17) is 28.5 Å². The van der Waals surface area contributed by atoms with Gasteiger partial charge < -0.3 is 5.32 Å². The number of aryl methyl sites for hydroxylation is 1. The number of hydrogen-bond acceptors (Lipinski definition) is 4. The van der Waals surface area contributed by atoms with Crippen LogP contribution in [0, 0.1) is 18.3 Å². The molecule has 2 N–H and O–H groups in total. The molecule has 0 fully saturated rings. The molecule has 0 saturated heterocycles. The highest BCUT2D eigenvalue weighted by Crippen LogP contribution is 2.30. The molecular weight excluding hydrogens is 417 g/mol. The second kappa shape index (κ2) is 8.58. The van der Waals surface area contributed by atoms with Gasteiger partial charge in [-0.2, -0.15) is 10.4 Å². The molecule has 0 aliphatic rings. The minimum Gasteiger partial charge on any atom is -0.364 e. The van der Waals surface area contributed by atoms with E-state index >= 15 is 0 Å². The smallest absolute Gasteiger partial charge is 0.126 e. The third-order valence-electron chi connectivity index (χ3n) is 4.73. The average Bonchev–Trinajstić information content (AvgIpc) is 3.21. The van der Waals surface area contributed by atoms with Crippen molar-refractivity contribution < 1.29 is 0 Å². The largest absolute Gasteiger partial charge is 0.364 e. The van der Waals surface area contributed by atoms with Crippen molar-refractivity contribution in [1.82, 2.24) is 15.2 Å². The van der Waals surface area contributed by atoms with Crippen LogP contribution in [0.2, 0.25) is 10.0 Å². The molecule has 0 atom stereocenters. The van der Waals surface area contributed by atoms with Crippen LogP contribution in [0.1, 0.15) is 16.8 Å². The fourth-order valence-corrected chi connectivity index (χ4v) is 3.74. The van der Waals surface area contributed by atoms with E-state index in [0.29, 0.717) is 22.2 Å². The molecule has 2 heterocycles. The number of rotatable bonds is 5. The first-order chi connectivity index (χ1) is 14.5. The molecule has 0 unspecified atom stereocenters. The highest BCUT2D eigenvalue weighted by Gasteiger charge is 2.09. The van der Waals surface area contributed by atoms with Gasteiger partial charge in [0, 0.05) is 16.8 Å². The number of nitrogens with one attached hydrogen (secondary N) is 2. The second-order valence-corrected chi connectivity index (χ2v) is 7.67. The van der Waals surface area contributed by atoms with Crippen LogP contribution >= 0.6 is 23.2 Å². The lowest BCUT2D eigenvalue weighted by Gasteiger charge is -2.09. The van der Waals surface area contributed by atoms with E-state index in [1.165, 1.54) is 0 Å².